The number of aromatic nitrogens is 3. The molecule has 0 radical (unpaired) electrons. The van der Waals surface area contributed by atoms with Crippen LogP contribution < -0.4 is 20.3 Å². The molecule has 10 heteroatoms. The molecule has 9 nitrogen and oxygen atoms in total. The van der Waals surface area contributed by atoms with Gasteiger partial charge in [-0.2, -0.15) is 4.98 Å². The molecule has 0 saturated carbocycles. The lowest BCUT2D eigenvalue weighted by Crippen LogP contribution is -2.29. The van der Waals surface area contributed by atoms with Crippen LogP contribution in [0.25, 0.3) is 0 Å². The Morgan fingerprint density at radius 1 is 1.00 bits per heavy atom. The van der Waals surface area contributed by atoms with Crippen molar-refractivity contribution in [2.75, 3.05) is 35.7 Å². The summed E-state index contributed by atoms with van der Waals surface area (Å²) in [6.07, 6.45) is 4.61. The maximum Gasteiger partial charge on any atom is 0.232 e. The van der Waals surface area contributed by atoms with Crippen molar-refractivity contribution < 1.29 is 17.3 Å². The highest BCUT2D eigenvalue weighted by atomic mass is 32.2. The molecule has 1 aromatic heterocycles. The number of rotatable bonds is 8. The lowest BCUT2D eigenvalue weighted by Gasteiger charge is -2.29. The molecule has 3 aromatic rings. The average Bonchev–Trinajstić information content (AvgIpc) is 2.85. The number of anilines is 5. The normalized spacial score (nSPS) is 15.9. The Morgan fingerprint density at radius 3 is 2.41 bits per heavy atom. The fourth-order valence-corrected chi connectivity index (χ4v) is 4.98. The molecule has 0 amide bonds. The molecule has 34 heavy (non-hydrogen) atoms. The summed E-state index contributed by atoms with van der Waals surface area (Å²) in [6.45, 7) is 5.03. The molecular formula is C24H30N6O3S. The number of para-hydroxylation sites is 1. The van der Waals surface area contributed by atoms with E-state index in [1.807, 2.05) is 6.07 Å². The third kappa shape index (κ3) is 5.22. The third-order valence-corrected chi connectivity index (χ3v) is 7.89. The van der Waals surface area contributed by atoms with Crippen molar-refractivity contribution in [1.29, 1.82) is 0 Å². The monoisotopic (exact) mass is 485 g/mol. The molecule has 4 rings (SSSR count). The van der Waals surface area contributed by atoms with Crippen LogP contribution in [-0.4, -0.2) is 48.7 Å². The van der Waals surface area contributed by atoms with Gasteiger partial charge in [-0.1, -0.05) is 12.1 Å². The molecule has 2 aromatic carbocycles. The second-order valence-corrected chi connectivity index (χ2v) is 10.8. The van der Waals surface area contributed by atoms with Crippen LogP contribution >= 0.6 is 0 Å². The number of nitrogens with one attached hydrogen (secondary N) is 2. The summed E-state index contributed by atoms with van der Waals surface area (Å²) in [5, 5.41) is 5.35. The number of sulfone groups is 1. The van der Waals surface area contributed by atoms with Gasteiger partial charge >= 0.3 is 0 Å². The van der Waals surface area contributed by atoms with Gasteiger partial charge in [-0.05, 0) is 57.4 Å². The first-order valence-corrected chi connectivity index (χ1v) is 12.7. The minimum atomic E-state index is -3.55. The van der Waals surface area contributed by atoms with Crippen molar-refractivity contribution in [3.63, 3.8) is 0 Å². The summed E-state index contributed by atoms with van der Waals surface area (Å²) >= 11 is 0. The Hall–Kier alpha value is -3.40. The SMILES string of the molecule is [2H]C([2H])([2H])Oc1cc(N2CCCCC2)ccc1Nc1ncnc(Nc2ccccc2S(=O)(=O)C(C)C)n1. The standard InChI is InChI=1S/C24H30N6O3S/c1-17(2)34(31,32)22-10-6-5-9-20(22)28-24-26-16-25-23(29-24)27-19-12-11-18(15-21(19)33-3)30-13-7-4-8-14-30/h5-6,9-12,15-17H,4,7-8,13-14H2,1-3H3,(H2,25,26,27,28,29)/i3D3. The molecule has 1 fully saturated rings. The van der Waals surface area contributed by atoms with Gasteiger partial charge in [-0.25, -0.2) is 18.4 Å². The number of benzene rings is 2. The van der Waals surface area contributed by atoms with E-state index < -0.39 is 22.1 Å². The van der Waals surface area contributed by atoms with E-state index in [1.54, 1.807) is 44.2 Å². The van der Waals surface area contributed by atoms with Gasteiger partial charge in [0.25, 0.3) is 0 Å². The van der Waals surface area contributed by atoms with Crippen LogP contribution in [0.4, 0.5) is 29.0 Å². The third-order valence-electron chi connectivity index (χ3n) is 5.68. The van der Waals surface area contributed by atoms with Crippen LogP contribution in [0.1, 0.15) is 37.2 Å². The Labute approximate surface area is 204 Å². The first kappa shape index (κ1) is 20.0. The van der Waals surface area contributed by atoms with Crippen LogP contribution in [0.15, 0.2) is 53.7 Å². The zero-order chi connectivity index (χ0) is 26.6. The predicted molar refractivity (Wildman–Crippen MR) is 134 cm³/mol. The molecule has 0 atom stereocenters. The fourth-order valence-electron chi connectivity index (χ4n) is 3.78. The molecule has 180 valence electrons. The van der Waals surface area contributed by atoms with Gasteiger partial charge in [-0.15, -0.1) is 0 Å². The van der Waals surface area contributed by atoms with Crippen molar-refractivity contribution in [3.8, 4) is 5.75 Å². The highest BCUT2D eigenvalue weighted by Crippen LogP contribution is 2.33. The Bertz CT molecular complexity index is 1350. The molecule has 0 unspecified atom stereocenters. The largest absolute Gasteiger partial charge is 0.494 e. The summed E-state index contributed by atoms with van der Waals surface area (Å²) in [7, 11) is -6.19. The van der Waals surface area contributed by atoms with Crippen molar-refractivity contribution in [3.05, 3.63) is 48.8 Å². The lowest BCUT2D eigenvalue weighted by molar-refractivity contribution is 0.416. The number of nitrogens with zero attached hydrogens (tertiary/aromatic N) is 4. The van der Waals surface area contributed by atoms with Crippen molar-refractivity contribution in [1.82, 2.24) is 15.0 Å². The highest BCUT2D eigenvalue weighted by Gasteiger charge is 2.23. The summed E-state index contributed by atoms with van der Waals surface area (Å²) in [5.41, 5.74) is 1.59. The maximum atomic E-state index is 12.8. The number of ether oxygens (including phenoxy) is 1. The van der Waals surface area contributed by atoms with E-state index in [1.165, 1.54) is 18.8 Å². The fraction of sp³-hybridized carbons (Fsp3) is 0.375. The van der Waals surface area contributed by atoms with E-state index in [-0.39, 0.29) is 22.5 Å². The van der Waals surface area contributed by atoms with Crippen LogP contribution in [-0.2, 0) is 9.84 Å². The molecular weight excluding hydrogens is 452 g/mol. The molecule has 0 aliphatic carbocycles. The van der Waals surface area contributed by atoms with Crippen LogP contribution in [0.5, 0.6) is 5.75 Å². The summed E-state index contributed by atoms with van der Waals surface area (Å²) < 4.78 is 53.6. The molecule has 1 aliphatic rings. The minimum Gasteiger partial charge on any atom is -0.494 e. The lowest BCUT2D eigenvalue weighted by atomic mass is 10.1. The van der Waals surface area contributed by atoms with Crippen LogP contribution in [0.2, 0.25) is 0 Å². The van der Waals surface area contributed by atoms with E-state index in [0.29, 0.717) is 11.4 Å². The van der Waals surface area contributed by atoms with E-state index in [4.69, 9.17) is 8.85 Å². The van der Waals surface area contributed by atoms with Gasteiger partial charge in [0, 0.05) is 24.8 Å². The van der Waals surface area contributed by atoms with Gasteiger partial charge in [-0.3, -0.25) is 0 Å². The quantitative estimate of drug-likeness (QED) is 0.475. The Balaban J connectivity index is 1.60. The number of piperidine rings is 1. The van der Waals surface area contributed by atoms with Crippen molar-refractivity contribution >= 4 is 38.8 Å². The predicted octanol–water partition coefficient (Wildman–Crippen LogP) is 4.54. The first-order valence-electron chi connectivity index (χ1n) is 12.7. The highest BCUT2D eigenvalue weighted by molar-refractivity contribution is 7.92. The summed E-state index contributed by atoms with van der Waals surface area (Å²) in [5.74, 6) is 0.390. The first-order chi connectivity index (χ1) is 17.5. The van der Waals surface area contributed by atoms with E-state index in [9.17, 15) is 8.42 Å². The minimum absolute atomic E-state index is 0.118. The summed E-state index contributed by atoms with van der Waals surface area (Å²) in [4.78, 5) is 14.9. The smallest absolute Gasteiger partial charge is 0.232 e. The van der Waals surface area contributed by atoms with Gasteiger partial charge in [0.15, 0.2) is 9.84 Å². The van der Waals surface area contributed by atoms with Crippen molar-refractivity contribution in [2.24, 2.45) is 0 Å². The second-order valence-electron chi connectivity index (χ2n) is 8.30. The molecule has 1 aliphatic heterocycles. The van der Waals surface area contributed by atoms with Crippen LogP contribution in [0.3, 0.4) is 0 Å². The summed E-state index contributed by atoms with van der Waals surface area (Å²) in [6, 6.07) is 11.9. The zero-order valence-electron chi connectivity index (χ0n) is 22.2. The zero-order valence-corrected chi connectivity index (χ0v) is 20.0. The molecule has 2 N–H and O–H groups in total. The van der Waals surface area contributed by atoms with Gasteiger partial charge in [0.2, 0.25) is 11.9 Å². The topological polar surface area (TPSA) is 109 Å². The molecule has 0 bridgehead atoms. The average molecular weight is 486 g/mol. The molecule has 0 spiro atoms. The van der Waals surface area contributed by atoms with Gasteiger partial charge in [0.05, 0.1) is 32.7 Å². The number of hydrogen-bond donors (Lipinski definition) is 2. The molecule has 1 saturated heterocycles. The Kier molecular flexibility index (Phi) is 6.03. The molecule has 2 heterocycles. The Morgan fingerprint density at radius 2 is 1.71 bits per heavy atom. The van der Waals surface area contributed by atoms with Crippen molar-refractivity contribution in [2.45, 2.75) is 43.3 Å². The van der Waals surface area contributed by atoms with Crippen LogP contribution in [0, 0.1) is 0 Å². The van der Waals surface area contributed by atoms with Gasteiger partial charge in [0.1, 0.15) is 12.1 Å². The second kappa shape index (κ2) is 10.3. The van der Waals surface area contributed by atoms with E-state index >= 15 is 0 Å². The maximum absolute atomic E-state index is 12.8. The van der Waals surface area contributed by atoms with E-state index in [2.05, 4.69) is 30.5 Å². The number of methoxy groups -OCH3 is 1. The van der Waals surface area contributed by atoms with E-state index in [0.717, 1.165) is 31.6 Å². The number of hydrogen-bond acceptors (Lipinski definition) is 9. The van der Waals surface area contributed by atoms with Gasteiger partial charge < -0.3 is 20.3 Å².